The van der Waals surface area contributed by atoms with Gasteiger partial charge in [-0.3, -0.25) is 14.2 Å². The summed E-state index contributed by atoms with van der Waals surface area (Å²) in [6.07, 6.45) is 1.62. The average molecular weight is 368 g/mol. The lowest BCUT2D eigenvalue weighted by atomic mass is 10.1. The standard InChI is InChI=1S/C20H17FN2O2S/c1-3-12-23-19(25)16-6-4-5-7-17(16)22-20(23)26-13(2)18(24)14-8-10-15(21)11-9-14/h3-11,13H,1,12H2,2H3/t13-/m0/s1. The van der Waals surface area contributed by atoms with Crippen molar-refractivity contribution in [2.24, 2.45) is 0 Å². The fourth-order valence-electron chi connectivity index (χ4n) is 2.59. The van der Waals surface area contributed by atoms with E-state index in [0.29, 0.717) is 28.2 Å². The minimum absolute atomic E-state index is 0.150. The second kappa shape index (κ2) is 7.66. The lowest BCUT2D eigenvalue weighted by Crippen LogP contribution is -2.24. The fraction of sp³-hybridized carbons (Fsp3) is 0.150. The highest BCUT2D eigenvalue weighted by Crippen LogP contribution is 2.25. The maximum Gasteiger partial charge on any atom is 0.262 e. The predicted octanol–water partition coefficient (Wildman–Crippen LogP) is 4.09. The second-order valence-electron chi connectivity index (χ2n) is 5.75. The van der Waals surface area contributed by atoms with Gasteiger partial charge in [-0.25, -0.2) is 9.37 Å². The molecule has 1 atom stereocenters. The molecule has 0 saturated heterocycles. The molecule has 0 spiro atoms. The number of thioether (sulfide) groups is 1. The van der Waals surface area contributed by atoms with E-state index in [1.807, 2.05) is 6.07 Å². The van der Waals surface area contributed by atoms with Crippen LogP contribution in [0.25, 0.3) is 10.9 Å². The number of benzene rings is 2. The number of carbonyl (C=O) groups excluding carboxylic acids is 1. The molecule has 0 amide bonds. The van der Waals surface area contributed by atoms with E-state index in [0.717, 1.165) is 0 Å². The van der Waals surface area contributed by atoms with Crippen LogP contribution in [-0.2, 0) is 6.54 Å². The molecule has 4 nitrogen and oxygen atoms in total. The molecule has 1 heterocycles. The number of hydrogen-bond acceptors (Lipinski definition) is 4. The van der Waals surface area contributed by atoms with Crippen LogP contribution < -0.4 is 5.56 Å². The van der Waals surface area contributed by atoms with E-state index in [9.17, 15) is 14.0 Å². The average Bonchev–Trinajstić information content (AvgIpc) is 2.65. The first kappa shape index (κ1) is 18.1. The largest absolute Gasteiger partial charge is 0.293 e. The van der Waals surface area contributed by atoms with Gasteiger partial charge in [-0.2, -0.15) is 0 Å². The van der Waals surface area contributed by atoms with Crippen molar-refractivity contribution in [3.05, 3.63) is 82.9 Å². The molecule has 0 fully saturated rings. The van der Waals surface area contributed by atoms with Crippen molar-refractivity contribution in [2.45, 2.75) is 23.9 Å². The summed E-state index contributed by atoms with van der Waals surface area (Å²) in [5.74, 6) is -0.541. The summed E-state index contributed by atoms with van der Waals surface area (Å²) in [5, 5.41) is 0.498. The normalized spacial score (nSPS) is 12.1. The number of allylic oxidation sites excluding steroid dienone is 1. The zero-order valence-corrected chi connectivity index (χ0v) is 15.0. The van der Waals surface area contributed by atoms with Crippen LogP contribution in [0.4, 0.5) is 4.39 Å². The first-order chi connectivity index (χ1) is 12.5. The van der Waals surface area contributed by atoms with Crippen LogP contribution in [-0.4, -0.2) is 20.6 Å². The van der Waals surface area contributed by atoms with E-state index >= 15 is 0 Å². The van der Waals surface area contributed by atoms with Crippen LogP contribution in [0.1, 0.15) is 17.3 Å². The number of ketones is 1. The smallest absolute Gasteiger partial charge is 0.262 e. The number of rotatable bonds is 6. The molecule has 132 valence electrons. The van der Waals surface area contributed by atoms with Gasteiger partial charge >= 0.3 is 0 Å². The molecular weight excluding hydrogens is 351 g/mol. The molecule has 3 aromatic rings. The summed E-state index contributed by atoms with van der Waals surface area (Å²) < 4.78 is 14.6. The monoisotopic (exact) mass is 368 g/mol. The predicted molar refractivity (Wildman–Crippen MR) is 102 cm³/mol. The molecule has 2 aromatic carbocycles. The third-order valence-corrected chi connectivity index (χ3v) is 5.01. The van der Waals surface area contributed by atoms with Crippen LogP contribution >= 0.6 is 11.8 Å². The van der Waals surface area contributed by atoms with Crippen LogP contribution in [0.5, 0.6) is 0 Å². The highest BCUT2D eigenvalue weighted by molar-refractivity contribution is 8.00. The lowest BCUT2D eigenvalue weighted by molar-refractivity contribution is 0.0994. The summed E-state index contributed by atoms with van der Waals surface area (Å²) in [6, 6.07) is 12.5. The van der Waals surface area contributed by atoms with Crippen LogP contribution in [0.2, 0.25) is 0 Å². The van der Waals surface area contributed by atoms with E-state index in [-0.39, 0.29) is 11.3 Å². The molecule has 26 heavy (non-hydrogen) atoms. The summed E-state index contributed by atoms with van der Waals surface area (Å²) in [4.78, 5) is 29.9. The Bertz CT molecular complexity index is 1030. The Morgan fingerprint density at radius 3 is 2.65 bits per heavy atom. The van der Waals surface area contributed by atoms with Crippen LogP contribution in [0.3, 0.4) is 0 Å². The highest BCUT2D eigenvalue weighted by atomic mass is 32.2. The zero-order chi connectivity index (χ0) is 18.7. The quantitative estimate of drug-likeness (QED) is 0.285. The number of hydrogen-bond donors (Lipinski definition) is 0. The number of halogens is 1. The molecule has 0 saturated carbocycles. The third kappa shape index (κ3) is 3.60. The topological polar surface area (TPSA) is 52.0 Å². The highest BCUT2D eigenvalue weighted by Gasteiger charge is 2.20. The molecule has 0 aliphatic heterocycles. The van der Waals surface area contributed by atoms with Gasteiger partial charge in [0, 0.05) is 12.1 Å². The molecule has 0 N–H and O–H groups in total. The lowest BCUT2D eigenvalue weighted by Gasteiger charge is -2.15. The number of para-hydroxylation sites is 1. The molecule has 0 bridgehead atoms. The molecular formula is C20H17FN2O2S. The molecule has 0 aliphatic carbocycles. The van der Waals surface area contributed by atoms with E-state index in [4.69, 9.17) is 0 Å². The molecule has 3 rings (SSSR count). The van der Waals surface area contributed by atoms with E-state index < -0.39 is 11.1 Å². The first-order valence-electron chi connectivity index (χ1n) is 8.08. The summed E-state index contributed by atoms with van der Waals surface area (Å²) in [5.41, 5.74) is 0.839. The minimum atomic E-state index is -0.482. The minimum Gasteiger partial charge on any atom is -0.293 e. The second-order valence-corrected chi connectivity index (χ2v) is 7.06. The van der Waals surface area contributed by atoms with Crippen LogP contribution in [0, 0.1) is 5.82 Å². The summed E-state index contributed by atoms with van der Waals surface area (Å²) >= 11 is 1.21. The summed E-state index contributed by atoms with van der Waals surface area (Å²) in [7, 11) is 0. The van der Waals surface area contributed by atoms with E-state index in [1.54, 1.807) is 31.2 Å². The van der Waals surface area contributed by atoms with Gasteiger partial charge in [-0.05, 0) is 43.3 Å². The number of fused-ring (bicyclic) bond motifs is 1. The van der Waals surface area contributed by atoms with Crippen molar-refractivity contribution in [1.29, 1.82) is 0 Å². The maximum absolute atomic E-state index is 13.1. The molecule has 0 radical (unpaired) electrons. The Balaban J connectivity index is 1.97. The first-order valence-corrected chi connectivity index (χ1v) is 8.96. The van der Waals surface area contributed by atoms with Gasteiger partial charge in [0.25, 0.3) is 5.56 Å². The van der Waals surface area contributed by atoms with Crippen molar-refractivity contribution >= 4 is 28.4 Å². The Hall–Kier alpha value is -2.73. The number of aromatic nitrogens is 2. The van der Waals surface area contributed by atoms with Crippen molar-refractivity contribution in [3.8, 4) is 0 Å². The van der Waals surface area contributed by atoms with Gasteiger partial charge in [0.1, 0.15) is 5.82 Å². The van der Waals surface area contributed by atoms with Gasteiger partial charge in [-0.1, -0.05) is 30.0 Å². The maximum atomic E-state index is 13.1. The van der Waals surface area contributed by atoms with Crippen molar-refractivity contribution in [2.75, 3.05) is 0 Å². The van der Waals surface area contributed by atoms with Gasteiger partial charge in [0.15, 0.2) is 10.9 Å². The number of carbonyl (C=O) groups is 1. The van der Waals surface area contributed by atoms with Crippen LogP contribution in [0.15, 0.2) is 71.1 Å². The van der Waals surface area contributed by atoms with E-state index in [2.05, 4.69) is 11.6 Å². The van der Waals surface area contributed by atoms with Crippen molar-refractivity contribution in [1.82, 2.24) is 9.55 Å². The Morgan fingerprint density at radius 2 is 1.96 bits per heavy atom. The Morgan fingerprint density at radius 1 is 1.27 bits per heavy atom. The SMILES string of the molecule is C=CCn1c(S[C@@H](C)C(=O)c2ccc(F)cc2)nc2ccccc2c1=O. The van der Waals surface area contributed by atoms with Crippen molar-refractivity contribution in [3.63, 3.8) is 0 Å². The molecule has 0 aliphatic rings. The zero-order valence-electron chi connectivity index (χ0n) is 14.2. The number of nitrogens with zero attached hydrogens (tertiary/aromatic N) is 2. The fourth-order valence-corrected chi connectivity index (χ4v) is 3.58. The van der Waals surface area contributed by atoms with E-state index in [1.165, 1.54) is 40.6 Å². The van der Waals surface area contributed by atoms with Gasteiger partial charge in [0.05, 0.1) is 16.2 Å². The Kier molecular flexibility index (Phi) is 5.32. The third-order valence-electron chi connectivity index (χ3n) is 3.92. The van der Waals surface area contributed by atoms with Crippen molar-refractivity contribution < 1.29 is 9.18 Å². The Labute approximate surface area is 154 Å². The van der Waals surface area contributed by atoms with Gasteiger partial charge < -0.3 is 0 Å². The molecule has 6 heteroatoms. The van der Waals surface area contributed by atoms with Gasteiger partial charge in [-0.15, -0.1) is 6.58 Å². The summed E-state index contributed by atoms with van der Waals surface area (Å²) in [6.45, 7) is 5.74. The van der Waals surface area contributed by atoms with Gasteiger partial charge in [0.2, 0.25) is 0 Å². The number of Topliss-reactive ketones (excluding diaryl/α,β-unsaturated/α-hetero) is 1. The molecule has 1 aromatic heterocycles. The molecule has 0 unspecified atom stereocenters.